The molecule has 106 valence electrons. The second-order valence-corrected chi connectivity index (χ2v) is 4.07. The Morgan fingerprint density at radius 1 is 1.42 bits per heavy atom. The molecule has 6 nitrogen and oxygen atoms in total. The van der Waals surface area contributed by atoms with E-state index in [2.05, 4.69) is 0 Å². The third-order valence-electron chi connectivity index (χ3n) is 2.71. The summed E-state index contributed by atoms with van der Waals surface area (Å²) in [5.74, 6) is 0.364. The molecule has 0 bridgehead atoms. The summed E-state index contributed by atoms with van der Waals surface area (Å²) in [7, 11) is 1.35. The van der Waals surface area contributed by atoms with E-state index in [1.54, 1.807) is 13.0 Å². The van der Waals surface area contributed by atoms with E-state index in [1.165, 1.54) is 13.2 Å². The van der Waals surface area contributed by atoms with Gasteiger partial charge in [0.15, 0.2) is 5.75 Å². The number of nitro benzene ring substituents is 1. The van der Waals surface area contributed by atoms with Gasteiger partial charge < -0.3 is 14.6 Å². The highest BCUT2D eigenvalue weighted by molar-refractivity contribution is 5.58. The highest BCUT2D eigenvalue weighted by Crippen LogP contribution is 2.40. The highest BCUT2D eigenvalue weighted by Gasteiger charge is 2.23. The van der Waals surface area contributed by atoms with Crippen LogP contribution in [0.4, 0.5) is 5.69 Å². The van der Waals surface area contributed by atoms with Gasteiger partial charge in [0, 0.05) is 6.07 Å². The average molecular weight is 269 g/mol. The summed E-state index contributed by atoms with van der Waals surface area (Å²) in [6.07, 6.45) is 0.578. The summed E-state index contributed by atoms with van der Waals surface area (Å²) >= 11 is 0. The van der Waals surface area contributed by atoms with E-state index in [0.29, 0.717) is 18.6 Å². The lowest BCUT2D eigenvalue weighted by Gasteiger charge is -2.14. The summed E-state index contributed by atoms with van der Waals surface area (Å²) in [4.78, 5) is 10.5. The Bertz CT molecular complexity index is 447. The zero-order chi connectivity index (χ0) is 14.4. The van der Waals surface area contributed by atoms with Gasteiger partial charge in [-0.15, -0.1) is 0 Å². The Morgan fingerprint density at radius 3 is 2.58 bits per heavy atom. The lowest BCUT2D eigenvalue weighted by atomic mass is 10.0. The molecule has 1 aromatic carbocycles. The minimum atomic E-state index is -0.742. The van der Waals surface area contributed by atoms with E-state index in [4.69, 9.17) is 9.47 Å². The number of aliphatic hydroxyl groups excluding tert-OH is 1. The number of benzene rings is 1. The predicted molar refractivity (Wildman–Crippen MR) is 70.7 cm³/mol. The molecule has 1 atom stereocenters. The zero-order valence-electron chi connectivity index (χ0n) is 11.4. The van der Waals surface area contributed by atoms with Crippen molar-refractivity contribution in [1.82, 2.24) is 0 Å². The maximum absolute atomic E-state index is 11.1. The maximum Gasteiger partial charge on any atom is 0.315 e. The van der Waals surface area contributed by atoms with Gasteiger partial charge >= 0.3 is 5.69 Å². The van der Waals surface area contributed by atoms with Crippen molar-refractivity contribution >= 4 is 5.69 Å². The van der Waals surface area contributed by atoms with Gasteiger partial charge in [-0.2, -0.15) is 0 Å². The minimum absolute atomic E-state index is 0.0827. The van der Waals surface area contributed by atoms with Crippen LogP contribution in [0.2, 0.25) is 0 Å². The fraction of sp³-hybridized carbons (Fsp3) is 0.538. The van der Waals surface area contributed by atoms with Gasteiger partial charge in [-0.3, -0.25) is 10.1 Å². The van der Waals surface area contributed by atoms with E-state index in [9.17, 15) is 15.2 Å². The molecular formula is C13H19NO5. The minimum Gasteiger partial charge on any atom is -0.490 e. The van der Waals surface area contributed by atoms with Gasteiger partial charge in [0.25, 0.3) is 0 Å². The number of methoxy groups -OCH3 is 1. The Balaban J connectivity index is 3.31. The van der Waals surface area contributed by atoms with Crippen LogP contribution in [0.25, 0.3) is 0 Å². The van der Waals surface area contributed by atoms with Gasteiger partial charge in [0.2, 0.25) is 5.75 Å². The van der Waals surface area contributed by atoms with Crippen LogP contribution in [0.15, 0.2) is 12.1 Å². The fourth-order valence-corrected chi connectivity index (χ4v) is 1.84. The molecule has 6 heteroatoms. The number of hydrogen-bond donors (Lipinski definition) is 1. The second-order valence-electron chi connectivity index (χ2n) is 4.07. The van der Waals surface area contributed by atoms with Gasteiger partial charge in [0.05, 0.1) is 24.7 Å². The Hall–Kier alpha value is -1.82. The van der Waals surface area contributed by atoms with Crippen LogP contribution in [0.3, 0.4) is 0 Å². The Labute approximate surface area is 112 Å². The average Bonchev–Trinajstić information content (AvgIpc) is 2.38. The molecule has 0 saturated heterocycles. The SMILES string of the molecule is CCCC(O)c1cc(OCC)c(OC)c([N+](=O)[O-])c1. The number of nitro groups is 1. The molecule has 0 heterocycles. The van der Waals surface area contributed by atoms with E-state index in [1.807, 2.05) is 6.92 Å². The van der Waals surface area contributed by atoms with Crippen molar-refractivity contribution in [2.45, 2.75) is 32.8 Å². The summed E-state index contributed by atoms with van der Waals surface area (Å²) < 4.78 is 10.4. The summed E-state index contributed by atoms with van der Waals surface area (Å²) in [6, 6.07) is 2.93. The van der Waals surface area contributed by atoms with Crippen LogP contribution in [0.1, 0.15) is 38.4 Å². The molecule has 0 spiro atoms. The standard InChI is InChI=1S/C13H19NO5/c1-4-6-11(15)9-7-10(14(16)17)13(18-3)12(8-9)19-5-2/h7-8,11,15H,4-6H2,1-3H3. The highest BCUT2D eigenvalue weighted by atomic mass is 16.6. The molecule has 0 aliphatic heterocycles. The molecule has 0 aromatic heterocycles. The zero-order valence-corrected chi connectivity index (χ0v) is 11.4. The van der Waals surface area contributed by atoms with E-state index < -0.39 is 11.0 Å². The molecule has 0 fully saturated rings. The predicted octanol–water partition coefficient (Wildman–Crippen LogP) is 2.84. The first-order valence-electron chi connectivity index (χ1n) is 6.22. The molecule has 1 unspecified atom stereocenters. The van der Waals surface area contributed by atoms with Gasteiger partial charge in [0.1, 0.15) is 0 Å². The van der Waals surface area contributed by atoms with Crippen LogP contribution >= 0.6 is 0 Å². The normalized spacial score (nSPS) is 12.0. The van der Waals surface area contributed by atoms with Crippen molar-refractivity contribution in [2.24, 2.45) is 0 Å². The largest absolute Gasteiger partial charge is 0.490 e. The Kier molecular flexibility index (Phi) is 5.57. The Morgan fingerprint density at radius 2 is 2.11 bits per heavy atom. The van der Waals surface area contributed by atoms with E-state index >= 15 is 0 Å². The molecule has 19 heavy (non-hydrogen) atoms. The molecule has 0 saturated carbocycles. The topological polar surface area (TPSA) is 81.8 Å². The van der Waals surface area contributed by atoms with Gasteiger partial charge in [-0.05, 0) is 25.0 Å². The van der Waals surface area contributed by atoms with Crippen molar-refractivity contribution in [3.63, 3.8) is 0 Å². The van der Waals surface area contributed by atoms with Gasteiger partial charge in [-0.1, -0.05) is 13.3 Å². The molecule has 1 aromatic rings. The van der Waals surface area contributed by atoms with Crippen LogP contribution in [0.5, 0.6) is 11.5 Å². The lowest BCUT2D eigenvalue weighted by Crippen LogP contribution is -2.04. The summed E-state index contributed by atoms with van der Waals surface area (Å²) in [6.45, 7) is 4.08. The fourth-order valence-electron chi connectivity index (χ4n) is 1.84. The summed E-state index contributed by atoms with van der Waals surface area (Å²) in [5.41, 5.74) is 0.274. The third kappa shape index (κ3) is 3.57. The summed E-state index contributed by atoms with van der Waals surface area (Å²) in [5, 5.41) is 21.0. The lowest BCUT2D eigenvalue weighted by molar-refractivity contribution is -0.385. The van der Waals surface area contributed by atoms with Crippen molar-refractivity contribution in [2.75, 3.05) is 13.7 Å². The molecule has 0 radical (unpaired) electrons. The van der Waals surface area contributed by atoms with Crippen molar-refractivity contribution in [1.29, 1.82) is 0 Å². The van der Waals surface area contributed by atoms with Crippen LogP contribution in [-0.4, -0.2) is 23.7 Å². The van der Waals surface area contributed by atoms with E-state index in [0.717, 1.165) is 6.42 Å². The molecule has 0 amide bonds. The molecule has 0 aliphatic rings. The molecule has 1 N–H and O–H groups in total. The van der Waals surface area contributed by atoms with Crippen LogP contribution < -0.4 is 9.47 Å². The number of rotatable bonds is 7. The first kappa shape index (κ1) is 15.2. The monoisotopic (exact) mass is 269 g/mol. The quantitative estimate of drug-likeness (QED) is 0.608. The van der Waals surface area contributed by atoms with Crippen molar-refractivity contribution in [3.8, 4) is 11.5 Å². The number of aliphatic hydroxyl groups is 1. The number of nitrogens with zero attached hydrogens (tertiary/aromatic N) is 1. The first-order chi connectivity index (χ1) is 9.04. The van der Waals surface area contributed by atoms with Gasteiger partial charge in [-0.25, -0.2) is 0 Å². The van der Waals surface area contributed by atoms with Crippen LogP contribution in [-0.2, 0) is 0 Å². The third-order valence-corrected chi connectivity index (χ3v) is 2.71. The van der Waals surface area contributed by atoms with E-state index in [-0.39, 0.29) is 17.2 Å². The maximum atomic E-state index is 11.1. The second kappa shape index (κ2) is 6.94. The molecular weight excluding hydrogens is 250 g/mol. The first-order valence-corrected chi connectivity index (χ1v) is 6.22. The number of ether oxygens (including phenoxy) is 2. The van der Waals surface area contributed by atoms with Crippen molar-refractivity contribution in [3.05, 3.63) is 27.8 Å². The number of hydrogen-bond acceptors (Lipinski definition) is 5. The molecule has 0 aliphatic carbocycles. The molecule has 1 rings (SSSR count). The smallest absolute Gasteiger partial charge is 0.315 e. The van der Waals surface area contributed by atoms with Crippen molar-refractivity contribution < 1.29 is 19.5 Å². The van der Waals surface area contributed by atoms with Crippen LogP contribution in [0, 0.1) is 10.1 Å².